The number of carbonyl (C=O) groups excluding carboxylic acids is 3. The molecule has 146 valence electrons. The lowest BCUT2D eigenvalue weighted by atomic mass is 10.2. The molecule has 0 saturated heterocycles. The lowest BCUT2D eigenvalue weighted by Gasteiger charge is -2.22. The molecule has 7 nitrogen and oxygen atoms in total. The predicted molar refractivity (Wildman–Crippen MR) is 100 cm³/mol. The first-order valence-corrected chi connectivity index (χ1v) is 9.26. The van der Waals surface area contributed by atoms with Gasteiger partial charge in [0.25, 0.3) is 0 Å². The molecule has 0 aliphatic carbocycles. The molecule has 0 rings (SSSR count). The molecule has 0 spiro atoms. The van der Waals surface area contributed by atoms with Gasteiger partial charge >= 0.3 is 0 Å². The van der Waals surface area contributed by atoms with Crippen molar-refractivity contribution in [2.45, 2.75) is 52.9 Å². The van der Waals surface area contributed by atoms with E-state index in [0.29, 0.717) is 13.1 Å². The first-order valence-electron chi connectivity index (χ1n) is 9.26. The molecule has 0 aromatic rings. The van der Waals surface area contributed by atoms with E-state index in [-0.39, 0.29) is 17.7 Å². The molecule has 0 aromatic carbocycles. The highest BCUT2D eigenvalue weighted by Gasteiger charge is 2.08. The highest BCUT2D eigenvalue weighted by atomic mass is 16.2. The van der Waals surface area contributed by atoms with E-state index in [1.165, 1.54) is 13.8 Å². The van der Waals surface area contributed by atoms with E-state index in [1.807, 2.05) is 4.90 Å². The van der Waals surface area contributed by atoms with Gasteiger partial charge < -0.3 is 20.4 Å². The first-order chi connectivity index (χ1) is 11.8. The van der Waals surface area contributed by atoms with Gasteiger partial charge in [-0.2, -0.15) is 0 Å². The van der Waals surface area contributed by atoms with E-state index in [2.05, 4.69) is 22.6 Å². The Kier molecular flexibility index (Phi) is 13.7. The Morgan fingerprint density at radius 2 is 1.12 bits per heavy atom. The molecule has 0 aromatic heterocycles. The van der Waals surface area contributed by atoms with Crippen molar-refractivity contribution in [2.75, 3.05) is 46.3 Å². The Morgan fingerprint density at radius 1 is 0.680 bits per heavy atom. The Labute approximate surface area is 152 Å². The molecule has 0 aliphatic rings. The largest absolute Gasteiger partial charge is 0.356 e. The van der Waals surface area contributed by atoms with Crippen LogP contribution in [-0.2, 0) is 14.4 Å². The minimum Gasteiger partial charge on any atom is -0.356 e. The maximum atomic E-state index is 11.6. The summed E-state index contributed by atoms with van der Waals surface area (Å²) in [6.07, 6.45) is 4.89. The zero-order valence-electron chi connectivity index (χ0n) is 16.4. The van der Waals surface area contributed by atoms with Crippen LogP contribution in [0, 0.1) is 0 Å². The van der Waals surface area contributed by atoms with Gasteiger partial charge in [-0.3, -0.25) is 14.4 Å². The lowest BCUT2D eigenvalue weighted by molar-refractivity contribution is -0.129. The molecule has 7 heteroatoms. The Hall–Kier alpha value is -1.63. The normalized spacial score (nSPS) is 10.6. The summed E-state index contributed by atoms with van der Waals surface area (Å²) in [7, 11) is 2.11. The Balaban J connectivity index is 3.70. The second kappa shape index (κ2) is 14.7. The van der Waals surface area contributed by atoms with Crippen molar-refractivity contribution in [1.82, 2.24) is 20.4 Å². The number of nitrogens with zero attached hydrogens (tertiary/aromatic N) is 2. The average molecular weight is 357 g/mol. The van der Waals surface area contributed by atoms with E-state index in [1.54, 1.807) is 6.92 Å². The minimum absolute atomic E-state index is 0.0282. The van der Waals surface area contributed by atoms with Crippen LogP contribution in [0.2, 0.25) is 0 Å². The monoisotopic (exact) mass is 356 g/mol. The van der Waals surface area contributed by atoms with Crippen LogP contribution in [0.25, 0.3) is 0 Å². The smallest absolute Gasteiger partial charge is 0.219 e. The lowest BCUT2D eigenvalue weighted by Crippen LogP contribution is -2.33. The standard InChI is InChI=1S/C18H36N4O3/c1-16(23)19-10-5-6-12-21(4)13-7-8-14-22(18(3)25)15-9-11-20-17(2)24/h5-15H2,1-4H3,(H,19,23)(H,20,24). The van der Waals surface area contributed by atoms with E-state index in [9.17, 15) is 14.4 Å². The van der Waals surface area contributed by atoms with Crippen LogP contribution in [0.1, 0.15) is 52.9 Å². The van der Waals surface area contributed by atoms with Gasteiger partial charge in [-0.15, -0.1) is 0 Å². The number of hydrogen-bond acceptors (Lipinski definition) is 4. The van der Waals surface area contributed by atoms with Gasteiger partial charge in [0, 0.05) is 47.0 Å². The van der Waals surface area contributed by atoms with Crippen LogP contribution in [0.15, 0.2) is 0 Å². The molecule has 3 amide bonds. The summed E-state index contributed by atoms with van der Waals surface area (Å²) >= 11 is 0. The van der Waals surface area contributed by atoms with Crippen LogP contribution in [0.3, 0.4) is 0 Å². The van der Waals surface area contributed by atoms with E-state index < -0.39 is 0 Å². The molecule has 0 saturated carbocycles. The second-order valence-corrected chi connectivity index (χ2v) is 6.54. The summed E-state index contributed by atoms with van der Waals surface area (Å²) < 4.78 is 0. The second-order valence-electron chi connectivity index (χ2n) is 6.54. The third-order valence-corrected chi connectivity index (χ3v) is 3.98. The molecule has 0 unspecified atom stereocenters. The van der Waals surface area contributed by atoms with Crippen LogP contribution in [0.4, 0.5) is 0 Å². The minimum atomic E-state index is -0.0329. The van der Waals surface area contributed by atoms with Gasteiger partial charge in [-0.25, -0.2) is 0 Å². The number of hydrogen-bond donors (Lipinski definition) is 2. The van der Waals surface area contributed by atoms with E-state index in [4.69, 9.17) is 0 Å². The van der Waals surface area contributed by atoms with Crippen molar-refractivity contribution < 1.29 is 14.4 Å². The maximum Gasteiger partial charge on any atom is 0.219 e. The van der Waals surface area contributed by atoms with Gasteiger partial charge in [0.2, 0.25) is 17.7 Å². The Morgan fingerprint density at radius 3 is 1.64 bits per heavy atom. The average Bonchev–Trinajstić information content (AvgIpc) is 2.52. The van der Waals surface area contributed by atoms with Crippen LogP contribution in [-0.4, -0.2) is 73.8 Å². The molecule has 0 atom stereocenters. The van der Waals surface area contributed by atoms with Crippen molar-refractivity contribution in [3.8, 4) is 0 Å². The molecule has 2 N–H and O–H groups in total. The van der Waals surface area contributed by atoms with Crippen LogP contribution < -0.4 is 10.6 Å². The van der Waals surface area contributed by atoms with Gasteiger partial charge in [-0.05, 0) is 52.2 Å². The number of carbonyl (C=O) groups is 3. The Bertz CT molecular complexity index is 402. The molecule has 0 heterocycles. The van der Waals surface area contributed by atoms with Crippen LogP contribution >= 0.6 is 0 Å². The zero-order valence-corrected chi connectivity index (χ0v) is 16.4. The summed E-state index contributed by atoms with van der Waals surface area (Å²) in [5.41, 5.74) is 0. The number of amides is 3. The highest BCUT2D eigenvalue weighted by molar-refractivity contribution is 5.73. The van der Waals surface area contributed by atoms with E-state index >= 15 is 0 Å². The third kappa shape index (κ3) is 15.6. The highest BCUT2D eigenvalue weighted by Crippen LogP contribution is 2.01. The molecule has 0 aliphatic heterocycles. The first kappa shape index (κ1) is 23.4. The third-order valence-electron chi connectivity index (χ3n) is 3.98. The fraction of sp³-hybridized carbons (Fsp3) is 0.833. The summed E-state index contributed by atoms with van der Waals surface area (Å²) in [5, 5.41) is 5.55. The van der Waals surface area contributed by atoms with Crippen molar-refractivity contribution in [3.63, 3.8) is 0 Å². The fourth-order valence-corrected chi connectivity index (χ4v) is 2.53. The van der Waals surface area contributed by atoms with Crippen molar-refractivity contribution in [2.24, 2.45) is 0 Å². The summed E-state index contributed by atoms with van der Waals surface area (Å²) in [5.74, 6) is 0.0871. The predicted octanol–water partition coefficient (Wildman–Crippen LogP) is 0.989. The number of nitrogens with one attached hydrogen (secondary N) is 2. The quantitative estimate of drug-likeness (QED) is 0.455. The van der Waals surface area contributed by atoms with Gasteiger partial charge in [-0.1, -0.05) is 0 Å². The van der Waals surface area contributed by atoms with E-state index in [0.717, 1.165) is 58.3 Å². The van der Waals surface area contributed by atoms with Crippen molar-refractivity contribution >= 4 is 17.7 Å². The van der Waals surface area contributed by atoms with Gasteiger partial charge in [0.05, 0.1) is 0 Å². The molecule has 0 fully saturated rings. The summed E-state index contributed by atoms with van der Waals surface area (Å²) in [4.78, 5) is 37.4. The molecule has 0 radical (unpaired) electrons. The summed E-state index contributed by atoms with van der Waals surface area (Å²) in [6, 6.07) is 0. The van der Waals surface area contributed by atoms with Crippen LogP contribution in [0.5, 0.6) is 0 Å². The van der Waals surface area contributed by atoms with Gasteiger partial charge in [0.1, 0.15) is 0 Å². The van der Waals surface area contributed by atoms with Crippen molar-refractivity contribution in [1.29, 1.82) is 0 Å². The number of rotatable bonds is 14. The molecule has 25 heavy (non-hydrogen) atoms. The van der Waals surface area contributed by atoms with Gasteiger partial charge in [0.15, 0.2) is 0 Å². The van der Waals surface area contributed by atoms with Crippen molar-refractivity contribution in [3.05, 3.63) is 0 Å². The maximum absolute atomic E-state index is 11.6. The topological polar surface area (TPSA) is 81.8 Å². The summed E-state index contributed by atoms with van der Waals surface area (Å²) in [6.45, 7) is 9.48. The zero-order chi connectivity index (χ0) is 19.1. The molecular formula is C18H36N4O3. The number of unbranched alkanes of at least 4 members (excludes halogenated alkanes) is 2. The fourth-order valence-electron chi connectivity index (χ4n) is 2.53. The molecular weight excluding hydrogens is 320 g/mol. The SMILES string of the molecule is CC(=O)NCCCCN(C)CCCCN(CCCNC(C)=O)C(C)=O. The molecule has 0 bridgehead atoms.